The SMILES string of the molecule is CCN(C)CCC(C)N1CCC(C(=O)Nc2cc3cc(-c4cnn(C)c4)ccc3cn2)CC1. The molecule has 0 bridgehead atoms. The number of hydrogen-bond donors (Lipinski definition) is 1. The molecule has 1 saturated heterocycles. The minimum absolute atomic E-state index is 0.0472. The highest BCUT2D eigenvalue weighted by Gasteiger charge is 2.27. The highest BCUT2D eigenvalue weighted by atomic mass is 16.1. The molecule has 2 aromatic heterocycles. The minimum Gasteiger partial charge on any atom is -0.310 e. The van der Waals surface area contributed by atoms with Gasteiger partial charge in [-0.05, 0) is 82.5 Å². The molecular weight excluding hydrogens is 412 g/mol. The van der Waals surface area contributed by atoms with Crippen molar-refractivity contribution in [2.45, 2.75) is 39.2 Å². The molecule has 0 saturated carbocycles. The van der Waals surface area contributed by atoms with Crippen LogP contribution in [0.15, 0.2) is 42.9 Å². The van der Waals surface area contributed by atoms with Crippen LogP contribution >= 0.6 is 0 Å². The first-order valence-corrected chi connectivity index (χ1v) is 12.0. The number of nitrogens with one attached hydrogen (secondary N) is 1. The van der Waals surface area contributed by atoms with Crippen molar-refractivity contribution < 1.29 is 4.79 Å². The van der Waals surface area contributed by atoms with Gasteiger partial charge in [0.05, 0.1) is 6.20 Å². The van der Waals surface area contributed by atoms with Gasteiger partial charge >= 0.3 is 0 Å². The molecule has 0 aliphatic carbocycles. The lowest BCUT2D eigenvalue weighted by molar-refractivity contribution is -0.121. The van der Waals surface area contributed by atoms with Crippen LogP contribution in [-0.2, 0) is 11.8 Å². The molecule has 1 aliphatic heterocycles. The summed E-state index contributed by atoms with van der Waals surface area (Å²) in [7, 11) is 4.09. The number of likely N-dealkylation sites (tertiary alicyclic amines) is 1. The Morgan fingerprint density at radius 2 is 1.97 bits per heavy atom. The van der Waals surface area contributed by atoms with Gasteiger partial charge in [0.2, 0.25) is 5.91 Å². The van der Waals surface area contributed by atoms with Crippen LogP contribution in [0.2, 0.25) is 0 Å². The van der Waals surface area contributed by atoms with E-state index >= 15 is 0 Å². The van der Waals surface area contributed by atoms with Gasteiger partial charge in [0.25, 0.3) is 0 Å². The number of carbonyl (C=O) groups is 1. The summed E-state index contributed by atoms with van der Waals surface area (Å²) in [6.07, 6.45) is 8.66. The van der Waals surface area contributed by atoms with Gasteiger partial charge in [-0.15, -0.1) is 0 Å². The molecule has 1 atom stereocenters. The second kappa shape index (κ2) is 10.4. The highest BCUT2D eigenvalue weighted by molar-refractivity contribution is 5.95. The highest BCUT2D eigenvalue weighted by Crippen LogP contribution is 2.26. The van der Waals surface area contributed by atoms with Crippen molar-refractivity contribution in [3.05, 3.63) is 42.9 Å². The predicted octanol–water partition coefficient (Wildman–Crippen LogP) is 4.02. The Kier molecular flexibility index (Phi) is 7.40. The number of amides is 1. The number of rotatable bonds is 8. The first-order valence-electron chi connectivity index (χ1n) is 12.0. The third kappa shape index (κ3) is 5.78. The molecule has 1 amide bonds. The normalized spacial score (nSPS) is 16.4. The molecule has 1 N–H and O–H groups in total. The van der Waals surface area contributed by atoms with Crippen LogP contribution in [0.3, 0.4) is 0 Å². The molecule has 7 heteroatoms. The molecule has 1 unspecified atom stereocenters. The lowest BCUT2D eigenvalue weighted by Crippen LogP contribution is -2.43. The largest absolute Gasteiger partial charge is 0.310 e. The second-order valence-electron chi connectivity index (χ2n) is 9.37. The van der Waals surface area contributed by atoms with Crippen LogP contribution in [0.5, 0.6) is 0 Å². The Labute approximate surface area is 196 Å². The van der Waals surface area contributed by atoms with Gasteiger partial charge in [-0.25, -0.2) is 4.98 Å². The molecule has 1 aromatic carbocycles. The maximum Gasteiger partial charge on any atom is 0.228 e. The Morgan fingerprint density at radius 1 is 1.18 bits per heavy atom. The quantitative estimate of drug-likeness (QED) is 0.564. The zero-order valence-electron chi connectivity index (χ0n) is 20.3. The summed E-state index contributed by atoms with van der Waals surface area (Å²) in [5.41, 5.74) is 2.18. The van der Waals surface area contributed by atoms with Crippen molar-refractivity contribution in [3.8, 4) is 11.1 Å². The second-order valence-corrected chi connectivity index (χ2v) is 9.37. The number of nitrogens with zero attached hydrogens (tertiary/aromatic N) is 5. The first-order chi connectivity index (χ1) is 15.9. The summed E-state index contributed by atoms with van der Waals surface area (Å²) in [5, 5.41) is 9.44. The fraction of sp³-hybridized carbons (Fsp3) is 0.500. The molecule has 3 aromatic rings. The first kappa shape index (κ1) is 23.4. The van der Waals surface area contributed by atoms with E-state index in [0.717, 1.165) is 60.9 Å². The van der Waals surface area contributed by atoms with E-state index < -0.39 is 0 Å². The predicted molar refractivity (Wildman–Crippen MR) is 134 cm³/mol. The molecule has 0 spiro atoms. The Morgan fingerprint density at radius 3 is 2.67 bits per heavy atom. The van der Waals surface area contributed by atoms with Crippen LogP contribution < -0.4 is 5.32 Å². The van der Waals surface area contributed by atoms with Gasteiger partial charge in [-0.3, -0.25) is 9.48 Å². The number of carbonyl (C=O) groups excluding carboxylic acids is 1. The molecule has 1 fully saturated rings. The van der Waals surface area contributed by atoms with Crippen molar-refractivity contribution in [2.24, 2.45) is 13.0 Å². The van der Waals surface area contributed by atoms with Crippen molar-refractivity contribution in [1.82, 2.24) is 24.6 Å². The summed E-state index contributed by atoms with van der Waals surface area (Å²) >= 11 is 0. The molecule has 4 rings (SSSR count). The van der Waals surface area contributed by atoms with Gasteiger partial charge in [0.1, 0.15) is 5.82 Å². The molecule has 3 heterocycles. The van der Waals surface area contributed by atoms with E-state index in [2.05, 4.69) is 64.3 Å². The van der Waals surface area contributed by atoms with E-state index in [1.165, 1.54) is 6.42 Å². The number of anilines is 1. The molecule has 7 nitrogen and oxygen atoms in total. The maximum absolute atomic E-state index is 12.9. The summed E-state index contributed by atoms with van der Waals surface area (Å²) < 4.78 is 1.80. The van der Waals surface area contributed by atoms with E-state index in [1.54, 1.807) is 4.68 Å². The number of hydrogen-bond acceptors (Lipinski definition) is 5. The Balaban J connectivity index is 1.35. The monoisotopic (exact) mass is 448 g/mol. The lowest BCUT2D eigenvalue weighted by Gasteiger charge is -2.36. The minimum atomic E-state index is 0.0472. The van der Waals surface area contributed by atoms with Crippen molar-refractivity contribution in [1.29, 1.82) is 0 Å². The van der Waals surface area contributed by atoms with Crippen LogP contribution in [-0.4, -0.2) is 69.7 Å². The Hall–Kier alpha value is -2.77. The van der Waals surface area contributed by atoms with Crippen LogP contribution in [0, 0.1) is 5.92 Å². The zero-order valence-corrected chi connectivity index (χ0v) is 20.3. The van der Waals surface area contributed by atoms with Gasteiger partial charge in [-0.1, -0.05) is 19.1 Å². The van der Waals surface area contributed by atoms with Gasteiger partial charge in [-0.2, -0.15) is 5.10 Å². The maximum atomic E-state index is 12.9. The number of aryl methyl sites for hydroxylation is 1. The standard InChI is InChI=1S/C26H36N6O/c1-5-30(3)11-8-19(2)32-12-9-20(10-13-32)26(33)29-25-15-23-14-21(6-7-22(23)16-27-25)24-17-28-31(4)18-24/h6-7,14-20H,5,8-13H2,1-4H3,(H,27,29,33). The van der Waals surface area contributed by atoms with Crippen molar-refractivity contribution in [2.75, 3.05) is 38.5 Å². The van der Waals surface area contributed by atoms with Gasteiger partial charge in [0, 0.05) is 42.4 Å². The van der Waals surface area contributed by atoms with E-state index in [9.17, 15) is 4.79 Å². The van der Waals surface area contributed by atoms with Crippen LogP contribution in [0.1, 0.15) is 33.1 Å². The smallest absolute Gasteiger partial charge is 0.228 e. The summed E-state index contributed by atoms with van der Waals surface area (Å²) in [6.45, 7) is 8.67. The summed E-state index contributed by atoms with van der Waals surface area (Å²) in [4.78, 5) is 22.3. The molecular formula is C26H36N6O. The van der Waals surface area contributed by atoms with Gasteiger partial charge < -0.3 is 15.1 Å². The number of benzene rings is 1. The third-order valence-corrected chi connectivity index (χ3v) is 7.00. The fourth-order valence-corrected chi connectivity index (χ4v) is 4.54. The Bertz CT molecular complexity index is 1090. The van der Waals surface area contributed by atoms with Crippen LogP contribution in [0.4, 0.5) is 5.82 Å². The number of piperidine rings is 1. The fourth-order valence-electron chi connectivity index (χ4n) is 4.54. The molecule has 33 heavy (non-hydrogen) atoms. The molecule has 0 radical (unpaired) electrons. The van der Waals surface area contributed by atoms with E-state index in [0.29, 0.717) is 11.9 Å². The van der Waals surface area contributed by atoms with Crippen LogP contribution in [0.25, 0.3) is 21.9 Å². The summed E-state index contributed by atoms with van der Waals surface area (Å²) in [6, 6.07) is 8.78. The molecule has 176 valence electrons. The van der Waals surface area contributed by atoms with E-state index in [4.69, 9.17) is 0 Å². The number of aromatic nitrogens is 3. The topological polar surface area (TPSA) is 66.3 Å². The average molecular weight is 449 g/mol. The number of fused-ring (bicyclic) bond motifs is 1. The summed E-state index contributed by atoms with van der Waals surface area (Å²) in [5.74, 6) is 0.753. The third-order valence-electron chi connectivity index (χ3n) is 7.00. The van der Waals surface area contributed by atoms with E-state index in [1.807, 2.05) is 31.7 Å². The zero-order chi connectivity index (χ0) is 23.4. The average Bonchev–Trinajstić information content (AvgIpc) is 3.28. The number of pyridine rings is 1. The van der Waals surface area contributed by atoms with Gasteiger partial charge in [0.15, 0.2) is 0 Å². The molecule has 1 aliphatic rings. The van der Waals surface area contributed by atoms with Crippen molar-refractivity contribution >= 4 is 22.5 Å². The van der Waals surface area contributed by atoms with E-state index in [-0.39, 0.29) is 11.8 Å². The van der Waals surface area contributed by atoms with Crippen molar-refractivity contribution in [3.63, 3.8) is 0 Å². The lowest BCUT2D eigenvalue weighted by atomic mass is 9.94.